The van der Waals surface area contributed by atoms with Crippen LogP contribution in [0.15, 0.2) is 5.70 Å². The summed E-state index contributed by atoms with van der Waals surface area (Å²) in [5.74, 6) is 0. The molecule has 0 bridgehead atoms. The Hall–Kier alpha value is 0.644. The Morgan fingerprint density at radius 1 is 1.75 bits per heavy atom. The molecule has 1 radical (unpaired) electrons. The van der Waals surface area contributed by atoms with Gasteiger partial charge in [-0.1, -0.05) is 6.92 Å². The van der Waals surface area contributed by atoms with Crippen LogP contribution in [0.25, 0.3) is 0 Å². The fraction of sp³-hybridized carbons (Fsp3) is 0.500. The third kappa shape index (κ3) is 6.64. The summed E-state index contributed by atoms with van der Waals surface area (Å²) in [5.41, 5.74) is 6.09. The second-order valence-corrected chi connectivity index (χ2v) is 1.31. The van der Waals surface area contributed by atoms with Crippen molar-refractivity contribution in [1.82, 2.24) is 0 Å². The molecule has 0 unspecified atom stereocenters. The van der Waals surface area contributed by atoms with Crippen LogP contribution >= 0.6 is 0 Å². The van der Waals surface area contributed by atoms with Crippen molar-refractivity contribution in [3.05, 3.63) is 18.7 Å². The molecule has 0 fully saturated rings. The van der Waals surface area contributed by atoms with E-state index in [0.717, 1.165) is 12.1 Å². The molecular weight excluding hydrogens is 175 g/mol. The quantitative estimate of drug-likeness (QED) is 0.645. The molecule has 0 aromatic heterocycles. The van der Waals surface area contributed by atoms with Gasteiger partial charge in [0, 0.05) is 32.7 Å². The molecule has 0 aliphatic rings. The first-order chi connectivity index (χ1) is 3.31. The topological polar surface area (TPSA) is 26.0 Å². The zero-order chi connectivity index (χ0) is 5.70. The Morgan fingerprint density at radius 2 is 2.25 bits per heavy atom. The predicted octanol–water partition coefficient (Wildman–Crippen LogP) is 1.26. The Kier molecular flexibility index (Phi) is 10.9. The van der Waals surface area contributed by atoms with Gasteiger partial charge in [-0.05, 0) is 0 Å². The minimum Gasteiger partial charge on any atom is -0.479 e. The van der Waals surface area contributed by atoms with Crippen LogP contribution < -0.4 is 5.73 Å². The van der Waals surface area contributed by atoms with Gasteiger partial charge in [-0.25, -0.2) is 5.70 Å². The van der Waals surface area contributed by atoms with Gasteiger partial charge in [0.25, 0.3) is 0 Å². The summed E-state index contributed by atoms with van der Waals surface area (Å²) < 4.78 is 0. The summed E-state index contributed by atoms with van der Waals surface area (Å²) in [5, 5.41) is 0. The van der Waals surface area contributed by atoms with E-state index in [1.54, 1.807) is 0 Å². The number of hydrogen-bond acceptors (Lipinski definition) is 1. The van der Waals surface area contributed by atoms with Crippen LogP contribution in [-0.4, -0.2) is 0 Å². The van der Waals surface area contributed by atoms with Crippen molar-refractivity contribution in [2.24, 2.45) is 5.73 Å². The molecule has 2 heteroatoms. The van der Waals surface area contributed by atoms with Crippen molar-refractivity contribution in [3.8, 4) is 0 Å². The average Bonchev–Trinajstić information content (AvgIpc) is 1.68. The van der Waals surface area contributed by atoms with E-state index in [1.807, 2.05) is 6.92 Å². The van der Waals surface area contributed by atoms with E-state index in [2.05, 4.69) is 13.0 Å². The molecule has 0 rings (SSSR count). The molecule has 1 nitrogen and oxygen atoms in total. The molecule has 0 aromatic carbocycles. The van der Waals surface area contributed by atoms with E-state index in [1.165, 1.54) is 0 Å². The van der Waals surface area contributed by atoms with Crippen LogP contribution in [-0.2, 0) is 32.7 Å². The second-order valence-electron chi connectivity index (χ2n) is 1.31. The second kappa shape index (κ2) is 7.64. The van der Waals surface area contributed by atoms with Crippen LogP contribution in [0.3, 0.4) is 0 Å². The number of hydrogen-bond donors (Lipinski definition) is 1. The largest absolute Gasteiger partial charge is 0.479 e. The maximum absolute atomic E-state index is 5.33. The van der Waals surface area contributed by atoms with Crippen molar-refractivity contribution < 1.29 is 32.7 Å². The molecule has 0 heterocycles. The third-order valence-electron chi connectivity index (χ3n) is 0.673. The van der Waals surface area contributed by atoms with E-state index in [0.29, 0.717) is 6.42 Å². The van der Waals surface area contributed by atoms with Crippen molar-refractivity contribution in [1.29, 1.82) is 0 Å². The van der Waals surface area contributed by atoms with Gasteiger partial charge in [-0.3, -0.25) is 0 Å². The first-order valence-electron chi connectivity index (χ1n) is 2.45. The maximum atomic E-state index is 5.33. The first-order valence-corrected chi connectivity index (χ1v) is 2.45. The van der Waals surface area contributed by atoms with E-state index >= 15 is 0 Å². The van der Waals surface area contributed by atoms with Crippen LogP contribution in [0.4, 0.5) is 0 Å². The molecule has 2 N–H and O–H groups in total. The molecule has 0 amide bonds. The summed E-state index contributed by atoms with van der Waals surface area (Å²) in [6.45, 7) is 5.58. The molecule has 0 atom stereocenters. The van der Waals surface area contributed by atoms with Gasteiger partial charge < -0.3 is 18.7 Å². The minimum absolute atomic E-state index is 0. The summed E-state index contributed by atoms with van der Waals surface area (Å²) >= 11 is 0. The summed E-state index contributed by atoms with van der Waals surface area (Å²) in [4.78, 5) is 0. The Morgan fingerprint density at radius 3 is 2.38 bits per heavy atom. The fourth-order valence-corrected chi connectivity index (χ4v) is 0.315. The van der Waals surface area contributed by atoms with Gasteiger partial charge in [-0.15, -0.1) is 0 Å². The van der Waals surface area contributed by atoms with Crippen LogP contribution in [0.1, 0.15) is 19.8 Å². The average molecular weight is 186 g/mol. The fourth-order valence-electron chi connectivity index (χ4n) is 0.315. The van der Waals surface area contributed by atoms with E-state index in [4.69, 9.17) is 5.73 Å². The minimum atomic E-state index is 0. The Bertz CT molecular complexity index is 68.9. The molecule has 0 saturated carbocycles. The van der Waals surface area contributed by atoms with Crippen molar-refractivity contribution in [2.45, 2.75) is 19.8 Å². The van der Waals surface area contributed by atoms with Crippen LogP contribution in [0, 0.1) is 13.0 Å². The smallest absolute Gasteiger partial charge is 0 e. The molecule has 0 spiro atoms. The zero-order valence-corrected chi connectivity index (χ0v) is 8.11. The van der Waals surface area contributed by atoms with Gasteiger partial charge in [0.1, 0.15) is 0 Å². The summed E-state index contributed by atoms with van der Waals surface area (Å²) in [7, 11) is 0. The van der Waals surface area contributed by atoms with Gasteiger partial charge >= 0.3 is 0 Å². The van der Waals surface area contributed by atoms with Crippen LogP contribution in [0.2, 0.25) is 0 Å². The summed E-state index contributed by atoms with van der Waals surface area (Å²) in [6.07, 6.45) is 4.49. The zero-order valence-electron chi connectivity index (χ0n) is 5.28. The van der Waals surface area contributed by atoms with Gasteiger partial charge in [0.05, 0.1) is 0 Å². The maximum Gasteiger partial charge on any atom is 0 e. The number of allylic oxidation sites excluding steroid dienone is 2. The van der Waals surface area contributed by atoms with E-state index < -0.39 is 0 Å². The molecular formula is C6H11NY-2. The van der Waals surface area contributed by atoms with Crippen molar-refractivity contribution in [3.63, 3.8) is 0 Å². The monoisotopic (exact) mass is 186 g/mol. The SMILES string of the molecule is [CH2-]CC(N)=[C-]CC.[Y]. The molecule has 8 heavy (non-hydrogen) atoms. The van der Waals surface area contributed by atoms with Gasteiger partial charge in [0.2, 0.25) is 0 Å². The van der Waals surface area contributed by atoms with Gasteiger partial charge in [0.15, 0.2) is 0 Å². The standard InChI is InChI=1S/C6H11N.Y/c1-3-5-6(7)4-2;/h2-4,7H2,1H3;/q-2;. The molecule has 0 aliphatic heterocycles. The van der Waals surface area contributed by atoms with E-state index in [9.17, 15) is 0 Å². The van der Waals surface area contributed by atoms with Crippen molar-refractivity contribution >= 4 is 0 Å². The molecule has 0 aromatic rings. The molecule has 0 saturated heterocycles. The van der Waals surface area contributed by atoms with E-state index in [-0.39, 0.29) is 32.7 Å². The van der Waals surface area contributed by atoms with Gasteiger partial charge in [-0.2, -0.15) is 12.8 Å². The Balaban J connectivity index is 0. The number of nitrogens with two attached hydrogens (primary N) is 1. The molecule has 0 aliphatic carbocycles. The predicted molar refractivity (Wildman–Crippen MR) is 31.2 cm³/mol. The normalized spacial score (nSPS) is 10.5. The van der Waals surface area contributed by atoms with Crippen molar-refractivity contribution in [2.75, 3.05) is 0 Å². The first kappa shape index (κ1) is 11.4. The summed E-state index contributed by atoms with van der Waals surface area (Å²) in [6, 6.07) is 0. The Labute approximate surface area is 76.6 Å². The number of rotatable bonds is 2. The van der Waals surface area contributed by atoms with Crippen LogP contribution in [0.5, 0.6) is 0 Å². The molecule has 45 valence electrons. The third-order valence-corrected chi connectivity index (χ3v) is 0.673.